The molecule has 1 aliphatic heterocycles. The average molecular weight is 157 g/mol. The van der Waals surface area contributed by atoms with Gasteiger partial charge >= 0.3 is 0 Å². The molecule has 5 nitrogen and oxygen atoms in total. The third-order valence-electron chi connectivity index (χ3n) is 1.50. The Hall–Kier alpha value is -1.23. The molecule has 0 aliphatic carbocycles. The van der Waals surface area contributed by atoms with E-state index in [4.69, 9.17) is 5.26 Å². The van der Waals surface area contributed by atoms with Crippen LogP contribution in [0.5, 0.6) is 0 Å². The molecule has 60 valence electrons. The highest BCUT2D eigenvalue weighted by Gasteiger charge is 2.32. The molecule has 11 heavy (non-hydrogen) atoms. The molecule has 0 bridgehead atoms. The highest BCUT2D eigenvalue weighted by Crippen LogP contribution is 2.16. The summed E-state index contributed by atoms with van der Waals surface area (Å²) < 4.78 is 0. The van der Waals surface area contributed by atoms with Crippen LogP contribution in [-0.2, 0) is 14.5 Å². The van der Waals surface area contributed by atoms with E-state index in [0.29, 0.717) is 0 Å². The predicted octanol–water partition coefficient (Wildman–Crippen LogP) is 0.01000. The minimum atomic E-state index is -0.688. The van der Waals surface area contributed by atoms with E-state index in [0.717, 1.165) is 0 Å². The van der Waals surface area contributed by atoms with E-state index in [1.54, 1.807) is 0 Å². The predicted molar refractivity (Wildman–Crippen MR) is 34.9 cm³/mol. The van der Waals surface area contributed by atoms with Crippen molar-refractivity contribution in [1.29, 1.82) is 0 Å². The summed E-state index contributed by atoms with van der Waals surface area (Å²) in [7, 11) is 0. The Labute approximate surface area is 62.6 Å². The van der Waals surface area contributed by atoms with Crippen LogP contribution in [0.3, 0.4) is 0 Å². The number of carbonyl (C=O) groups excluding carboxylic acids is 2. The first-order valence-corrected chi connectivity index (χ1v) is 3.08. The molecule has 0 saturated heterocycles. The molecule has 1 atom stereocenters. The van der Waals surface area contributed by atoms with Crippen molar-refractivity contribution in [3.8, 4) is 0 Å². The summed E-state index contributed by atoms with van der Waals surface area (Å²) in [6.07, 6.45) is 0.00519. The minimum Gasteiger partial charge on any atom is -0.323 e. The lowest BCUT2D eigenvalue weighted by molar-refractivity contribution is -0.160. The van der Waals surface area contributed by atoms with Gasteiger partial charge in [0.05, 0.1) is 0 Å². The van der Waals surface area contributed by atoms with E-state index < -0.39 is 11.8 Å². The van der Waals surface area contributed by atoms with Gasteiger partial charge in [-0.25, -0.2) is 5.26 Å². The van der Waals surface area contributed by atoms with Crippen molar-refractivity contribution >= 4 is 17.6 Å². The maximum Gasteiger partial charge on any atom is 0.250 e. The van der Waals surface area contributed by atoms with Crippen LogP contribution in [-0.4, -0.2) is 22.8 Å². The molecule has 0 radical (unpaired) electrons. The second kappa shape index (κ2) is 2.79. The van der Waals surface area contributed by atoms with Crippen molar-refractivity contribution in [1.82, 2.24) is 0 Å². The van der Waals surface area contributed by atoms with Gasteiger partial charge in [0.25, 0.3) is 0 Å². The van der Waals surface area contributed by atoms with E-state index in [2.05, 4.69) is 9.88 Å². The van der Waals surface area contributed by atoms with Gasteiger partial charge in [-0.1, -0.05) is 0 Å². The number of hydrogen-bond donors (Lipinski definition) is 1. The van der Waals surface area contributed by atoms with Gasteiger partial charge in [-0.3, -0.25) is 9.59 Å². The Morgan fingerprint density at radius 3 is 2.82 bits per heavy atom. The summed E-state index contributed by atoms with van der Waals surface area (Å²) in [5.41, 5.74) is 0. The highest BCUT2D eigenvalue weighted by molar-refractivity contribution is 6.10. The lowest BCUT2D eigenvalue weighted by Crippen LogP contribution is -2.19. The van der Waals surface area contributed by atoms with E-state index in [1.807, 2.05) is 0 Å². The van der Waals surface area contributed by atoms with Crippen molar-refractivity contribution < 1.29 is 19.7 Å². The van der Waals surface area contributed by atoms with Crippen LogP contribution >= 0.6 is 0 Å². The number of amides is 1. The van der Waals surface area contributed by atoms with Gasteiger partial charge < -0.3 is 4.89 Å². The summed E-state index contributed by atoms with van der Waals surface area (Å²) in [5.74, 6) is -1.55. The van der Waals surface area contributed by atoms with Crippen molar-refractivity contribution in [3.05, 3.63) is 0 Å². The standard InChI is InChI=1S/C6H7NO4/c1-3(8)4-2-5(9)7-6(4)11-10/h4,10H,2H2,1H3. The normalized spacial score (nSPS) is 23.3. The van der Waals surface area contributed by atoms with Gasteiger partial charge in [0.2, 0.25) is 11.8 Å². The first kappa shape index (κ1) is 7.87. The first-order valence-electron chi connectivity index (χ1n) is 3.08. The van der Waals surface area contributed by atoms with E-state index in [-0.39, 0.29) is 18.1 Å². The number of carbonyl (C=O) groups is 2. The van der Waals surface area contributed by atoms with Crippen LogP contribution in [0.15, 0.2) is 4.99 Å². The molecule has 0 spiro atoms. The summed E-state index contributed by atoms with van der Waals surface area (Å²) in [4.78, 5) is 28.4. The molecule has 0 aromatic heterocycles. The molecule has 1 amide bonds. The Morgan fingerprint density at radius 2 is 2.45 bits per heavy atom. The molecule has 0 saturated carbocycles. The van der Waals surface area contributed by atoms with E-state index >= 15 is 0 Å². The fourth-order valence-corrected chi connectivity index (χ4v) is 0.910. The van der Waals surface area contributed by atoms with Gasteiger partial charge in [-0.05, 0) is 6.92 Å². The van der Waals surface area contributed by atoms with Crippen LogP contribution in [0.2, 0.25) is 0 Å². The molecular formula is C6H7NO4. The molecule has 1 N–H and O–H groups in total. The fraction of sp³-hybridized carbons (Fsp3) is 0.500. The Morgan fingerprint density at radius 1 is 1.82 bits per heavy atom. The number of rotatable bonds is 1. The second-order valence-electron chi connectivity index (χ2n) is 2.30. The number of hydrogen-bond acceptors (Lipinski definition) is 4. The van der Waals surface area contributed by atoms with E-state index in [9.17, 15) is 9.59 Å². The largest absolute Gasteiger partial charge is 0.323 e. The third-order valence-corrected chi connectivity index (χ3v) is 1.50. The van der Waals surface area contributed by atoms with E-state index in [1.165, 1.54) is 6.92 Å². The molecule has 1 heterocycles. The molecule has 0 aromatic rings. The number of ketones is 1. The Kier molecular flexibility index (Phi) is 2.00. The SMILES string of the molecule is CC(=O)C1CC(=O)N=C1OO. The topological polar surface area (TPSA) is 76.0 Å². The van der Waals surface area contributed by atoms with Gasteiger partial charge in [0, 0.05) is 6.42 Å². The lowest BCUT2D eigenvalue weighted by atomic mass is 10.0. The molecule has 1 rings (SSSR count). The number of Topliss-reactive ketones (excluding diaryl/α,β-unsaturated/α-hetero) is 1. The summed E-state index contributed by atoms with van der Waals surface area (Å²) >= 11 is 0. The van der Waals surface area contributed by atoms with Crippen LogP contribution in [0.25, 0.3) is 0 Å². The zero-order valence-corrected chi connectivity index (χ0v) is 5.90. The molecular weight excluding hydrogens is 150 g/mol. The summed E-state index contributed by atoms with van der Waals surface area (Å²) in [6.45, 7) is 1.32. The zero-order valence-electron chi connectivity index (χ0n) is 5.90. The molecule has 5 heteroatoms. The van der Waals surface area contributed by atoms with Gasteiger partial charge in [-0.2, -0.15) is 4.99 Å². The molecule has 0 aromatic carbocycles. The number of aliphatic imine (C=N–C) groups is 1. The van der Waals surface area contributed by atoms with Crippen LogP contribution in [0, 0.1) is 5.92 Å². The van der Waals surface area contributed by atoms with Gasteiger partial charge in [-0.15, -0.1) is 0 Å². The molecule has 1 unspecified atom stereocenters. The first-order chi connectivity index (χ1) is 5.15. The van der Waals surface area contributed by atoms with Crippen molar-refractivity contribution in [3.63, 3.8) is 0 Å². The molecule has 0 fully saturated rings. The monoisotopic (exact) mass is 157 g/mol. The van der Waals surface area contributed by atoms with Crippen molar-refractivity contribution in [2.45, 2.75) is 13.3 Å². The highest BCUT2D eigenvalue weighted by atomic mass is 17.1. The van der Waals surface area contributed by atoms with Crippen LogP contribution in [0.4, 0.5) is 0 Å². The second-order valence-corrected chi connectivity index (χ2v) is 2.30. The van der Waals surface area contributed by atoms with Crippen molar-refractivity contribution in [2.75, 3.05) is 0 Å². The zero-order chi connectivity index (χ0) is 8.43. The minimum absolute atomic E-state index is 0.00519. The maximum absolute atomic E-state index is 10.7. The quantitative estimate of drug-likeness (QED) is 0.429. The summed E-state index contributed by atoms with van der Waals surface area (Å²) in [6, 6.07) is 0. The number of nitrogens with zero attached hydrogens (tertiary/aromatic N) is 1. The fourth-order valence-electron chi connectivity index (χ4n) is 0.910. The summed E-state index contributed by atoms with van der Waals surface area (Å²) in [5, 5.41) is 8.17. The maximum atomic E-state index is 10.7. The Balaban J connectivity index is 2.79. The van der Waals surface area contributed by atoms with Crippen molar-refractivity contribution in [2.24, 2.45) is 10.9 Å². The van der Waals surface area contributed by atoms with Crippen LogP contribution < -0.4 is 0 Å². The lowest BCUT2D eigenvalue weighted by Gasteiger charge is -2.02. The van der Waals surface area contributed by atoms with Crippen LogP contribution in [0.1, 0.15) is 13.3 Å². The molecule has 1 aliphatic rings. The van der Waals surface area contributed by atoms with Gasteiger partial charge in [0.1, 0.15) is 11.7 Å². The van der Waals surface area contributed by atoms with Gasteiger partial charge in [0.15, 0.2) is 0 Å². The third kappa shape index (κ3) is 1.43. The smallest absolute Gasteiger partial charge is 0.250 e. The average Bonchev–Trinajstić information content (AvgIpc) is 2.30. The Bertz CT molecular complexity index is 233.